The van der Waals surface area contributed by atoms with Crippen LogP contribution in [0.2, 0.25) is 0 Å². The van der Waals surface area contributed by atoms with E-state index < -0.39 is 6.23 Å². The van der Waals surface area contributed by atoms with Crippen LogP contribution in [0.15, 0.2) is 65.7 Å². The molecule has 2 atom stereocenters. The van der Waals surface area contributed by atoms with Gasteiger partial charge < -0.3 is 10.4 Å². The number of aliphatic hydroxyl groups excluding tert-OH is 1. The van der Waals surface area contributed by atoms with Gasteiger partial charge in [-0.3, -0.25) is 4.99 Å². The van der Waals surface area contributed by atoms with Crippen molar-refractivity contribution in [2.45, 2.75) is 18.7 Å². The van der Waals surface area contributed by atoms with Crippen molar-refractivity contribution in [2.24, 2.45) is 4.99 Å². The number of nitrogens with zero attached hydrogens (tertiary/aromatic N) is 1. The van der Waals surface area contributed by atoms with Crippen molar-refractivity contribution in [3.63, 3.8) is 0 Å². The predicted octanol–water partition coefficient (Wildman–Crippen LogP) is 2.49. The fourth-order valence-electron chi connectivity index (χ4n) is 2.31. The topological polar surface area (TPSA) is 44.6 Å². The van der Waals surface area contributed by atoms with Crippen LogP contribution in [0.25, 0.3) is 0 Å². The van der Waals surface area contributed by atoms with Gasteiger partial charge in [-0.25, -0.2) is 0 Å². The molecule has 0 bridgehead atoms. The van der Waals surface area contributed by atoms with Gasteiger partial charge in [-0.2, -0.15) is 0 Å². The van der Waals surface area contributed by atoms with Crippen molar-refractivity contribution in [3.8, 4) is 0 Å². The third-order valence-electron chi connectivity index (χ3n) is 3.27. The van der Waals surface area contributed by atoms with Gasteiger partial charge in [0.2, 0.25) is 0 Å². The lowest BCUT2D eigenvalue weighted by Gasteiger charge is -2.27. The number of nitrogens with one attached hydrogen (secondary N) is 1. The van der Waals surface area contributed by atoms with Crippen LogP contribution in [-0.2, 0) is 0 Å². The van der Waals surface area contributed by atoms with Gasteiger partial charge >= 0.3 is 0 Å². The van der Waals surface area contributed by atoms with Gasteiger partial charge in [0.05, 0.1) is 6.04 Å². The molecular weight excluding hydrogens is 236 g/mol. The molecule has 0 aromatic heterocycles. The highest BCUT2D eigenvalue weighted by Gasteiger charge is 2.22. The second-order valence-electron chi connectivity index (χ2n) is 4.67. The first kappa shape index (κ1) is 11.9. The van der Waals surface area contributed by atoms with E-state index in [2.05, 4.69) is 17.4 Å². The zero-order valence-electron chi connectivity index (χ0n) is 10.5. The Morgan fingerprint density at radius 3 is 2.26 bits per heavy atom. The van der Waals surface area contributed by atoms with Gasteiger partial charge in [-0.05, 0) is 5.56 Å². The summed E-state index contributed by atoms with van der Waals surface area (Å²) in [6, 6.07) is 20.0. The first-order valence-electron chi connectivity index (χ1n) is 6.46. The molecule has 0 amide bonds. The summed E-state index contributed by atoms with van der Waals surface area (Å²) < 4.78 is 0. The van der Waals surface area contributed by atoms with Gasteiger partial charge in [-0.1, -0.05) is 60.7 Å². The van der Waals surface area contributed by atoms with Crippen molar-refractivity contribution in [1.29, 1.82) is 0 Å². The highest BCUT2D eigenvalue weighted by Crippen LogP contribution is 2.26. The Hall–Kier alpha value is -2.13. The number of hydrogen-bond donors (Lipinski definition) is 2. The molecule has 2 unspecified atom stereocenters. The largest absolute Gasteiger partial charge is 0.374 e. The molecule has 0 saturated heterocycles. The highest BCUT2D eigenvalue weighted by atomic mass is 16.3. The SMILES string of the molecule is OC1CC(c2ccccc2)N=C(c2ccccc2)N1. The Labute approximate surface area is 112 Å². The monoisotopic (exact) mass is 252 g/mol. The fraction of sp³-hybridized carbons (Fsp3) is 0.188. The van der Waals surface area contributed by atoms with Crippen molar-refractivity contribution in [2.75, 3.05) is 0 Å². The van der Waals surface area contributed by atoms with Gasteiger partial charge in [0.25, 0.3) is 0 Å². The summed E-state index contributed by atoms with van der Waals surface area (Å²) in [7, 11) is 0. The minimum absolute atomic E-state index is 0.00709. The molecule has 0 aliphatic carbocycles. The predicted molar refractivity (Wildman–Crippen MR) is 75.9 cm³/mol. The number of benzene rings is 2. The number of amidine groups is 1. The molecular formula is C16H16N2O. The Morgan fingerprint density at radius 2 is 1.58 bits per heavy atom. The van der Waals surface area contributed by atoms with E-state index in [1.165, 1.54) is 0 Å². The van der Waals surface area contributed by atoms with E-state index in [1.54, 1.807) is 0 Å². The summed E-state index contributed by atoms with van der Waals surface area (Å²) in [6.07, 6.45) is 0.0401. The third kappa shape index (κ3) is 2.66. The van der Waals surface area contributed by atoms with Crippen LogP contribution in [-0.4, -0.2) is 17.2 Å². The van der Waals surface area contributed by atoms with Crippen LogP contribution in [0.5, 0.6) is 0 Å². The van der Waals surface area contributed by atoms with Crippen LogP contribution in [0.4, 0.5) is 0 Å². The molecule has 2 aromatic carbocycles. The third-order valence-corrected chi connectivity index (χ3v) is 3.27. The minimum Gasteiger partial charge on any atom is -0.374 e. The molecule has 1 aliphatic rings. The lowest BCUT2D eigenvalue weighted by molar-refractivity contribution is 0.134. The van der Waals surface area contributed by atoms with E-state index in [-0.39, 0.29) is 6.04 Å². The second-order valence-corrected chi connectivity index (χ2v) is 4.67. The molecule has 19 heavy (non-hydrogen) atoms. The zero-order valence-corrected chi connectivity index (χ0v) is 10.5. The summed E-state index contributed by atoms with van der Waals surface area (Å²) in [4.78, 5) is 4.72. The highest BCUT2D eigenvalue weighted by molar-refractivity contribution is 5.99. The van der Waals surface area contributed by atoms with Crippen molar-refractivity contribution < 1.29 is 5.11 Å². The van der Waals surface area contributed by atoms with Crippen LogP contribution in [0, 0.1) is 0 Å². The van der Waals surface area contributed by atoms with Gasteiger partial charge in [0.15, 0.2) is 0 Å². The van der Waals surface area contributed by atoms with E-state index in [0.717, 1.165) is 17.0 Å². The quantitative estimate of drug-likeness (QED) is 0.862. The molecule has 1 heterocycles. The van der Waals surface area contributed by atoms with Crippen molar-refractivity contribution in [1.82, 2.24) is 5.32 Å². The fourth-order valence-corrected chi connectivity index (χ4v) is 2.31. The van der Waals surface area contributed by atoms with Crippen LogP contribution < -0.4 is 5.32 Å². The van der Waals surface area contributed by atoms with Crippen LogP contribution >= 0.6 is 0 Å². The summed E-state index contributed by atoms with van der Waals surface area (Å²) >= 11 is 0. The molecule has 3 nitrogen and oxygen atoms in total. The molecule has 0 fully saturated rings. The summed E-state index contributed by atoms with van der Waals surface area (Å²) in [5.41, 5.74) is 2.14. The van der Waals surface area contributed by atoms with Gasteiger partial charge in [0, 0.05) is 12.0 Å². The maximum atomic E-state index is 9.98. The Morgan fingerprint density at radius 1 is 0.947 bits per heavy atom. The number of rotatable bonds is 2. The van der Waals surface area contributed by atoms with E-state index in [1.807, 2.05) is 48.5 Å². The number of aliphatic imine (C=N–C) groups is 1. The van der Waals surface area contributed by atoms with E-state index in [4.69, 9.17) is 4.99 Å². The number of hydrogen-bond acceptors (Lipinski definition) is 3. The molecule has 0 saturated carbocycles. The molecule has 0 spiro atoms. The van der Waals surface area contributed by atoms with E-state index in [9.17, 15) is 5.11 Å². The van der Waals surface area contributed by atoms with E-state index in [0.29, 0.717) is 6.42 Å². The van der Waals surface area contributed by atoms with Crippen LogP contribution in [0.3, 0.4) is 0 Å². The molecule has 96 valence electrons. The zero-order chi connectivity index (χ0) is 13.1. The molecule has 0 radical (unpaired) electrons. The summed E-state index contributed by atoms with van der Waals surface area (Å²) in [5.74, 6) is 0.758. The van der Waals surface area contributed by atoms with Gasteiger partial charge in [0.1, 0.15) is 12.1 Å². The van der Waals surface area contributed by atoms with Gasteiger partial charge in [-0.15, -0.1) is 0 Å². The first-order valence-corrected chi connectivity index (χ1v) is 6.46. The maximum absolute atomic E-state index is 9.98. The first-order chi connectivity index (χ1) is 9.33. The molecule has 2 aromatic rings. The molecule has 3 rings (SSSR count). The van der Waals surface area contributed by atoms with E-state index >= 15 is 0 Å². The maximum Gasteiger partial charge on any atom is 0.130 e. The Balaban J connectivity index is 1.95. The van der Waals surface area contributed by atoms with Crippen LogP contribution in [0.1, 0.15) is 23.6 Å². The Bertz CT molecular complexity index is 566. The standard InChI is InChI=1S/C16H16N2O/c19-15-11-14(12-7-3-1-4-8-12)17-16(18-15)13-9-5-2-6-10-13/h1-10,14-15,19H,11H2,(H,17,18). The lowest BCUT2D eigenvalue weighted by Crippen LogP contribution is -2.40. The lowest BCUT2D eigenvalue weighted by atomic mass is 10.0. The van der Waals surface area contributed by atoms with Crippen molar-refractivity contribution >= 4 is 5.84 Å². The summed E-state index contributed by atoms with van der Waals surface area (Å²) in [6.45, 7) is 0. The second kappa shape index (κ2) is 5.24. The molecule has 1 aliphatic heterocycles. The number of aliphatic hydroxyl groups is 1. The Kier molecular flexibility index (Phi) is 3.29. The van der Waals surface area contributed by atoms with Crippen molar-refractivity contribution in [3.05, 3.63) is 71.8 Å². The molecule has 3 heteroatoms. The summed E-state index contributed by atoms with van der Waals surface area (Å²) in [5, 5.41) is 13.0. The normalized spacial score (nSPS) is 22.5. The molecule has 2 N–H and O–H groups in total. The minimum atomic E-state index is -0.557. The average Bonchev–Trinajstić information content (AvgIpc) is 2.48. The smallest absolute Gasteiger partial charge is 0.130 e. The average molecular weight is 252 g/mol.